The van der Waals surface area contributed by atoms with E-state index in [0.29, 0.717) is 22.0 Å². The van der Waals surface area contributed by atoms with Crippen LogP contribution in [0.4, 0.5) is 8.78 Å². The van der Waals surface area contributed by atoms with Gasteiger partial charge in [-0.05, 0) is 66.9 Å². The van der Waals surface area contributed by atoms with E-state index >= 15 is 0 Å². The molecule has 0 N–H and O–H groups in total. The lowest BCUT2D eigenvalue weighted by molar-refractivity contribution is 0.0508. The first-order valence-electron chi connectivity index (χ1n) is 10.9. The minimum absolute atomic E-state index is 0.0474. The van der Waals surface area contributed by atoms with Crippen LogP contribution >= 0.6 is 0 Å². The van der Waals surface area contributed by atoms with E-state index in [1.165, 1.54) is 18.2 Å². The van der Waals surface area contributed by atoms with Crippen molar-refractivity contribution in [2.45, 2.75) is 47.5 Å². The summed E-state index contributed by atoms with van der Waals surface area (Å²) in [5.41, 5.74) is 3.19. The number of ether oxygens (including phenoxy) is 1. The van der Waals surface area contributed by atoms with Crippen LogP contribution in [0.2, 0.25) is 0 Å². The standard InChI is InChI=1S/C23H21F2N3O3.C2H6/c1-5-30-23(29)21-26-22(31-27-21)19-16-11-14(24)6-9-18(16)28(20(19)12(2)3)15-7-8-17(25)13(4)10-15;1-2/h6-12H,5H2,1-4H3;1-2H3. The van der Waals surface area contributed by atoms with E-state index in [0.717, 1.165) is 11.4 Å². The van der Waals surface area contributed by atoms with Crippen molar-refractivity contribution in [3.05, 3.63) is 65.1 Å². The van der Waals surface area contributed by atoms with Gasteiger partial charge in [-0.3, -0.25) is 0 Å². The summed E-state index contributed by atoms with van der Waals surface area (Å²) in [6.45, 7) is 11.5. The molecule has 0 aliphatic rings. The second-order valence-corrected chi connectivity index (χ2v) is 7.49. The Labute approximate surface area is 191 Å². The van der Waals surface area contributed by atoms with Gasteiger partial charge in [0.05, 0.1) is 17.7 Å². The molecule has 0 radical (unpaired) electrons. The van der Waals surface area contributed by atoms with Crippen molar-refractivity contribution in [3.8, 4) is 17.1 Å². The van der Waals surface area contributed by atoms with Gasteiger partial charge in [0.2, 0.25) is 0 Å². The third kappa shape index (κ3) is 4.51. The Hall–Kier alpha value is -3.55. The van der Waals surface area contributed by atoms with Gasteiger partial charge in [-0.25, -0.2) is 13.6 Å². The molecule has 0 fully saturated rings. The summed E-state index contributed by atoms with van der Waals surface area (Å²) < 4.78 is 40.4. The third-order valence-electron chi connectivity index (χ3n) is 5.01. The zero-order valence-electron chi connectivity index (χ0n) is 19.6. The number of fused-ring (bicyclic) bond motifs is 1. The predicted molar refractivity (Wildman–Crippen MR) is 123 cm³/mol. The van der Waals surface area contributed by atoms with Crippen molar-refractivity contribution < 1.29 is 22.8 Å². The number of carbonyl (C=O) groups excluding carboxylic acids is 1. The maximum atomic E-state index is 14.2. The normalized spacial score (nSPS) is 10.9. The second-order valence-electron chi connectivity index (χ2n) is 7.49. The Morgan fingerprint density at radius 3 is 2.52 bits per heavy atom. The predicted octanol–water partition coefficient (Wildman–Crippen LogP) is 6.59. The first kappa shape index (κ1) is 24.1. The van der Waals surface area contributed by atoms with Gasteiger partial charge in [0.25, 0.3) is 11.7 Å². The Bertz CT molecular complexity index is 1290. The Balaban J connectivity index is 0.00000149. The van der Waals surface area contributed by atoms with Crippen LogP contribution in [0.25, 0.3) is 28.0 Å². The summed E-state index contributed by atoms with van der Waals surface area (Å²) in [7, 11) is 0. The highest BCUT2D eigenvalue weighted by Crippen LogP contribution is 2.40. The van der Waals surface area contributed by atoms with Crippen molar-refractivity contribution in [1.29, 1.82) is 0 Å². The van der Waals surface area contributed by atoms with Crippen molar-refractivity contribution >= 4 is 16.9 Å². The molecule has 6 nitrogen and oxygen atoms in total. The van der Waals surface area contributed by atoms with Crippen LogP contribution in [0.15, 0.2) is 40.9 Å². The topological polar surface area (TPSA) is 70.2 Å². The Kier molecular flexibility index (Phi) is 7.26. The van der Waals surface area contributed by atoms with Crippen LogP contribution < -0.4 is 0 Å². The summed E-state index contributed by atoms with van der Waals surface area (Å²) >= 11 is 0. The van der Waals surface area contributed by atoms with Gasteiger partial charge >= 0.3 is 5.97 Å². The van der Waals surface area contributed by atoms with E-state index in [4.69, 9.17) is 9.26 Å². The monoisotopic (exact) mass is 455 g/mol. The number of hydrogen-bond donors (Lipinski definition) is 0. The summed E-state index contributed by atoms with van der Waals surface area (Å²) in [6, 6.07) is 9.19. The fourth-order valence-electron chi connectivity index (χ4n) is 3.70. The van der Waals surface area contributed by atoms with Crippen LogP contribution in [0, 0.1) is 18.6 Å². The third-order valence-corrected chi connectivity index (χ3v) is 5.01. The number of rotatable bonds is 5. The molecule has 0 bridgehead atoms. The number of aromatic nitrogens is 3. The highest BCUT2D eigenvalue weighted by atomic mass is 19.1. The van der Waals surface area contributed by atoms with E-state index < -0.39 is 11.8 Å². The molecular formula is C25H27F2N3O3. The lowest BCUT2D eigenvalue weighted by Gasteiger charge is -2.15. The van der Waals surface area contributed by atoms with Gasteiger partial charge in [-0.2, -0.15) is 4.98 Å². The molecule has 0 aliphatic heterocycles. The first-order chi connectivity index (χ1) is 15.8. The van der Waals surface area contributed by atoms with E-state index in [9.17, 15) is 13.6 Å². The molecule has 0 spiro atoms. The molecule has 33 heavy (non-hydrogen) atoms. The highest BCUT2D eigenvalue weighted by molar-refractivity contribution is 5.98. The maximum Gasteiger partial charge on any atom is 0.379 e. The number of aryl methyl sites for hydroxylation is 1. The summed E-state index contributed by atoms with van der Waals surface area (Å²) in [5.74, 6) is -1.61. The van der Waals surface area contributed by atoms with E-state index in [2.05, 4.69) is 10.1 Å². The van der Waals surface area contributed by atoms with Crippen LogP contribution in [0.5, 0.6) is 0 Å². The Morgan fingerprint density at radius 2 is 1.88 bits per heavy atom. The summed E-state index contributed by atoms with van der Waals surface area (Å²) in [4.78, 5) is 16.2. The number of hydrogen-bond acceptors (Lipinski definition) is 5. The van der Waals surface area contributed by atoms with Gasteiger partial charge in [0.15, 0.2) is 0 Å². The zero-order chi connectivity index (χ0) is 24.3. The minimum Gasteiger partial charge on any atom is -0.460 e. The fraction of sp³-hybridized carbons (Fsp3) is 0.320. The molecule has 2 aromatic heterocycles. The molecule has 174 valence electrons. The summed E-state index contributed by atoms with van der Waals surface area (Å²) in [6.07, 6.45) is 0. The molecule has 0 saturated heterocycles. The molecule has 2 aromatic carbocycles. The van der Waals surface area contributed by atoms with Gasteiger partial charge in [-0.1, -0.05) is 27.7 Å². The van der Waals surface area contributed by atoms with Crippen molar-refractivity contribution in [1.82, 2.24) is 14.7 Å². The van der Waals surface area contributed by atoms with Gasteiger partial charge in [-0.15, -0.1) is 0 Å². The molecule has 0 amide bonds. The minimum atomic E-state index is -0.701. The van der Waals surface area contributed by atoms with E-state index in [-0.39, 0.29) is 30.1 Å². The molecule has 0 atom stereocenters. The number of halogens is 2. The van der Waals surface area contributed by atoms with Gasteiger partial charge < -0.3 is 13.8 Å². The average Bonchev–Trinajstić information content (AvgIpc) is 3.40. The molecule has 8 heteroatoms. The van der Waals surface area contributed by atoms with Crippen molar-refractivity contribution in [3.63, 3.8) is 0 Å². The molecule has 0 unspecified atom stereocenters. The number of nitrogens with zero attached hydrogens (tertiary/aromatic N) is 3. The lowest BCUT2D eigenvalue weighted by atomic mass is 10.0. The Morgan fingerprint density at radius 1 is 1.15 bits per heavy atom. The van der Waals surface area contributed by atoms with Crippen LogP contribution in [0.1, 0.15) is 62.4 Å². The van der Waals surface area contributed by atoms with Crippen molar-refractivity contribution in [2.75, 3.05) is 6.61 Å². The number of benzene rings is 2. The number of carbonyl (C=O) groups is 1. The molecule has 4 aromatic rings. The largest absolute Gasteiger partial charge is 0.460 e. The number of esters is 1. The molecular weight excluding hydrogens is 428 g/mol. The van der Waals surface area contributed by atoms with Crippen LogP contribution in [0.3, 0.4) is 0 Å². The zero-order valence-corrected chi connectivity index (χ0v) is 19.6. The van der Waals surface area contributed by atoms with Crippen LogP contribution in [-0.2, 0) is 4.74 Å². The van der Waals surface area contributed by atoms with Crippen molar-refractivity contribution in [2.24, 2.45) is 0 Å². The fourth-order valence-corrected chi connectivity index (χ4v) is 3.70. The van der Waals surface area contributed by atoms with Gasteiger partial charge in [0.1, 0.15) is 11.6 Å². The molecule has 2 heterocycles. The summed E-state index contributed by atoms with van der Waals surface area (Å²) in [5, 5.41) is 4.28. The molecule has 4 rings (SSSR count). The SMILES string of the molecule is CC.CCOC(=O)c1noc(-c2c(C(C)C)n(-c3ccc(F)c(C)c3)c3ccc(F)cc23)n1. The first-order valence-corrected chi connectivity index (χ1v) is 10.9. The van der Waals surface area contributed by atoms with Crippen LogP contribution in [-0.4, -0.2) is 27.3 Å². The molecule has 0 saturated carbocycles. The maximum absolute atomic E-state index is 14.2. The van der Waals surface area contributed by atoms with E-state index in [1.807, 2.05) is 32.3 Å². The lowest BCUT2D eigenvalue weighted by Crippen LogP contribution is -2.06. The second kappa shape index (κ2) is 9.94. The highest BCUT2D eigenvalue weighted by Gasteiger charge is 2.27. The van der Waals surface area contributed by atoms with E-state index in [1.54, 1.807) is 32.0 Å². The quantitative estimate of drug-likeness (QED) is 0.317. The average molecular weight is 456 g/mol. The molecule has 0 aliphatic carbocycles. The smallest absolute Gasteiger partial charge is 0.379 e. The van der Waals surface area contributed by atoms with Gasteiger partial charge in [0, 0.05) is 16.8 Å².